The van der Waals surface area contributed by atoms with Gasteiger partial charge in [0.15, 0.2) is 0 Å². The number of aromatic amines is 1. The molecule has 76 valence electrons. The minimum Gasteiger partial charge on any atom is -0.508 e. The Labute approximate surface area is 88.1 Å². The van der Waals surface area contributed by atoms with Gasteiger partial charge in [-0.2, -0.15) is 0 Å². The molecule has 3 nitrogen and oxygen atoms in total. The normalized spacial score (nSPS) is 10.2. The number of aliphatic hydroxyl groups excluding tert-OH is 1. The molecule has 0 amide bonds. The number of aromatic nitrogens is 2. The van der Waals surface area contributed by atoms with Crippen molar-refractivity contribution in [3.05, 3.63) is 48.4 Å². The van der Waals surface area contributed by atoms with Crippen LogP contribution in [0.4, 0.5) is 0 Å². The van der Waals surface area contributed by atoms with Crippen molar-refractivity contribution < 1.29 is 5.11 Å². The molecule has 0 radical (unpaired) electrons. The van der Waals surface area contributed by atoms with Gasteiger partial charge in [-0.05, 0) is 13.0 Å². The van der Waals surface area contributed by atoms with E-state index in [9.17, 15) is 5.11 Å². The largest absolute Gasteiger partial charge is 0.508 e. The molecule has 0 unspecified atom stereocenters. The zero-order valence-corrected chi connectivity index (χ0v) is 8.49. The average Bonchev–Trinajstić information content (AvgIpc) is 2.65. The third-order valence-corrected chi connectivity index (χ3v) is 2.21. The Balaban J connectivity index is 2.45. The zero-order valence-electron chi connectivity index (χ0n) is 8.49. The third kappa shape index (κ3) is 1.91. The number of imidazole rings is 1. The van der Waals surface area contributed by atoms with E-state index in [0.29, 0.717) is 0 Å². The Morgan fingerprint density at radius 3 is 2.87 bits per heavy atom. The lowest BCUT2D eigenvalue weighted by Crippen LogP contribution is -1.83. The van der Waals surface area contributed by atoms with Crippen LogP contribution in [0, 0.1) is 6.92 Å². The van der Waals surface area contributed by atoms with E-state index < -0.39 is 0 Å². The van der Waals surface area contributed by atoms with Crippen LogP contribution < -0.4 is 0 Å². The summed E-state index contributed by atoms with van der Waals surface area (Å²) in [5, 5.41) is 9.28. The highest BCUT2D eigenvalue weighted by atomic mass is 16.3. The van der Waals surface area contributed by atoms with Gasteiger partial charge in [0, 0.05) is 11.1 Å². The monoisotopic (exact) mass is 200 g/mol. The van der Waals surface area contributed by atoms with Crippen LogP contribution in [0.5, 0.6) is 0 Å². The molecule has 1 aromatic heterocycles. The highest BCUT2D eigenvalue weighted by Crippen LogP contribution is 2.20. The molecule has 3 heteroatoms. The van der Waals surface area contributed by atoms with Crippen molar-refractivity contribution in [2.45, 2.75) is 6.92 Å². The van der Waals surface area contributed by atoms with Crippen LogP contribution in [0.25, 0.3) is 17.0 Å². The molecule has 0 aliphatic heterocycles. The fourth-order valence-corrected chi connectivity index (χ4v) is 1.43. The second kappa shape index (κ2) is 3.61. The highest BCUT2D eigenvalue weighted by Gasteiger charge is 2.02. The molecule has 2 aromatic rings. The molecular weight excluding hydrogens is 188 g/mol. The van der Waals surface area contributed by atoms with E-state index in [1.807, 2.05) is 31.2 Å². The van der Waals surface area contributed by atoms with Gasteiger partial charge in [-0.15, -0.1) is 0 Å². The fraction of sp³-hybridized carbons (Fsp3) is 0.0833. The molecule has 2 N–H and O–H groups in total. The Kier molecular flexibility index (Phi) is 2.29. The summed E-state index contributed by atoms with van der Waals surface area (Å²) in [6, 6.07) is 7.52. The maximum Gasteiger partial charge on any atom is 0.115 e. The van der Waals surface area contributed by atoms with Crippen molar-refractivity contribution in [2.75, 3.05) is 0 Å². The SMILES string of the molecule is C=C(O)c1cccc(-c2cnc(C)[nH]2)c1. The van der Waals surface area contributed by atoms with Gasteiger partial charge in [0.25, 0.3) is 0 Å². The number of benzene rings is 1. The van der Waals surface area contributed by atoms with Crippen molar-refractivity contribution in [3.8, 4) is 11.3 Å². The van der Waals surface area contributed by atoms with Crippen molar-refractivity contribution >= 4 is 5.76 Å². The number of H-pyrrole nitrogens is 1. The van der Waals surface area contributed by atoms with Gasteiger partial charge < -0.3 is 10.1 Å². The van der Waals surface area contributed by atoms with Crippen molar-refractivity contribution in [2.24, 2.45) is 0 Å². The first-order valence-electron chi connectivity index (χ1n) is 4.67. The number of hydrogen-bond acceptors (Lipinski definition) is 2. The number of hydrogen-bond donors (Lipinski definition) is 2. The minimum atomic E-state index is 0.0769. The maximum absolute atomic E-state index is 9.28. The fourth-order valence-electron chi connectivity index (χ4n) is 1.43. The average molecular weight is 200 g/mol. The summed E-state index contributed by atoms with van der Waals surface area (Å²) < 4.78 is 0. The van der Waals surface area contributed by atoms with Gasteiger partial charge in [0.1, 0.15) is 11.6 Å². The number of rotatable bonds is 2. The molecule has 0 saturated carbocycles. The topological polar surface area (TPSA) is 48.9 Å². The lowest BCUT2D eigenvalue weighted by Gasteiger charge is -2.01. The summed E-state index contributed by atoms with van der Waals surface area (Å²) in [6.45, 7) is 5.40. The van der Waals surface area contributed by atoms with E-state index in [1.54, 1.807) is 6.20 Å². The predicted molar refractivity (Wildman–Crippen MR) is 60.4 cm³/mol. The second-order valence-electron chi connectivity index (χ2n) is 3.41. The first kappa shape index (κ1) is 9.52. The van der Waals surface area contributed by atoms with Gasteiger partial charge in [-0.3, -0.25) is 0 Å². The predicted octanol–water partition coefficient (Wildman–Crippen LogP) is 2.91. The van der Waals surface area contributed by atoms with Gasteiger partial charge in [0.05, 0.1) is 11.9 Å². The molecule has 0 bridgehead atoms. The number of nitrogens with one attached hydrogen (secondary N) is 1. The Morgan fingerprint density at radius 1 is 1.47 bits per heavy atom. The van der Waals surface area contributed by atoms with Crippen LogP contribution >= 0.6 is 0 Å². The molecule has 15 heavy (non-hydrogen) atoms. The second-order valence-corrected chi connectivity index (χ2v) is 3.41. The molecule has 0 spiro atoms. The van der Waals surface area contributed by atoms with Crippen LogP contribution in [0.15, 0.2) is 37.0 Å². The molecule has 0 aliphatic rings. The number of nitrogens with zero attached hydrogens (tertiary/aromatic N) is 1. The molecule has 2 rings (SSSR count). The van der Waals surface area contributed by atoms with Crippen LogP contribution in [-0.2, 0) is 0 Å². The molecule has 0 saturated heterocycles. The lowest BCUT2D eigenvalue weighted by molar-refractivity contribution is 0.514. The number of aliphatic hydroxyl groups is 1. The van der Waals surface area contributed by atoms with E-state index in [-0.39, 0.29) is 5.76 Å². The summed E-state index contributed by atoms with van der Waals surface area (Å²) in [5.74, 6) is 0.950. The van der Waals surface area contributed by atoms with Crippen LogP contribution in [0.3, 0.4) is 0 Å². The lowest BCUT2D eigenvalue weighted by atomic mass is 10.1. The molecule has 0 fully saturated rings. The Bertz CT molecular complexity index is 500. The smallest absolute Gasteiger partial charge is 0.115 e. The van der Waals surface area contributed by atoms with Crippen LogP contribution in [0.2, 0.25) is 0 Å². The molecule has 0 atom stereocenters. The highest BCUT2D eigenvalue weighted by molar-refractivity contribution is 5.66. The molecule has 1 aromatic carbocycles. The standard InChI is InChI=1S/C12H12N2O/c1-8(15)10-4-3-5-11(6-10)12-7-13-9(2)14-12/h3-7,15H,1H2,2H3,(H,13,14). The van der Waals surface area contributed by atoms with Crippen LogP contribution in [0.1, 0.15) is 11.4 Å². The zero-order chi connectivity index (χ0) is 10.8. The van der Waals surface area contributed by atoms with E-state index >= 15 is 0 Å². The van der Waals surface area contributed by atoms with Gasteiger partial charge in [-0.1, -0.05) is 24.8 Å². The van der Waals surface area contributed by atoms with Crippen molar-refractivity contribution in [1.82, 2.24) is 9.97 Å². The van der Waals surface area contributed by atoms with Gasteiger partial charge in [0.2, 0.25) is 0 Å². The summed E-state index contributed by atoms with van der Waals surface area (Å²) >= 11 is 0. The van der Waals surface area contributed by atoms with Crippen LogP contribution in [-0.4, -0.2) is 15.1 Å². The van der Waals surface area contributed by atoms with Crippen molar-refractivity contribution in [3.63, 3.8) is 0 Å². The first-order valence-corrected chi connectivity index (χ1v) is 4.67. The summed E-state index contributed by atoms with van der Waals surface area (Å²) in [5.41, 5.74) is 2.65. The quantitative estimate of drug-likeness (QED) is 0.732. The van der Waals surface area contributed by atoms with E-state index in [4.69, 9.17) is 0 Å². The number of aryl methyl sites for hydroxylation is 1. The summed E-state index contributed by atoms with van der Waals surface area (Å²) in [6.07, 6.45) is 1.77. The van der Waals surface area contributed by atoms with E-state index in [2.05, 4.69) is 16.5 Å². The van der Waals surface area contributed by atoms with Gasteiger partial charge in [-0.25, -0.2) is 4.98 Å². The third-order valence-electron chi connectivity index (χ3n) is 2.21. The first-order chi connectivity index (χ1) is 7.16. The Hall–Kier alpha value is -2.03. The summed E-state index contributed by atoms with van der Waals surface area (Å²) in [7, 11) is 0. The minimum absolute atomic E-state index is 0.0769. The van der Waals surface area contributed by atoms with E-state index in [1.165, 1.54) is 0 Å². The molecular formula is C12H12N2O. The van der Waals surface area contributed by atoms with Gasteiger partial charge >= 0.3 is 0 Å². The maximum atomic E-state index is 9.28. The Morgan fingerprint density at radius 2 is 2.27 bits per heavy atom. The molecule has 0 aliphatic carbocycles. The van der Waals surface area contributed by atoms with Crippen molar-refractivity contribution in [1.29, 1.82) is 0 Å². The molecule has 1 heterocycles. The van der Waals surface area contributed by atoms with E-state index in [0.717, 1.165) is 22.6 Å². The summed E-state index contributed by atoms with van der Waals surface area (Å²) in [4.78, 5) is 7.26.